The molecule has 0 aromatic rings. The zero-order valence-electron chi connectivity index (χ0n) is 13.0. The Kier molecular flexibility index (Phi) is 6.48. The maximum absolute atomic E-state index is 11.3. The summed E-state index contributed by atoms with van der Waals surface area (Å²) in [5.74, 6) is -2.00. The van der Waals surface area contributed by atoms with Crippen molar-refractivity contribution in [1.82, 2.24) is 0 Å². The van der Waals surface area contributed by atoms with E-state index in [1.54, 1.807) is 0 Å². The van der Waals surface area contributed by atoms with Crippen LogP contribution in [0.25, 0.3) is 0 Å². The Hall–Kier alpha value is -1.96. The molecule has 0 N–H and O–H groups in total. The van der Waals surface area contributed by atoms with Gasteiger partial charge in [-0.3, -0.25) is 19.2 Å². The Morgan fingerprint density at radius 2 is 1.36 bits per heavy atom. The summed E-state index contributed by atoms with van der Waals surface area (Å²) in [4.78, 5) is 45.1. The number of carbonyl (C=O) groups is 4. The minimum atomic E-state index is -1.02. The Bertz CT molecular complexity index is 416. The number of esters is 3. The molecule has 8 nitrogen and oxygen atoms in total. The molecule has 0 unspecified atom stereocenters. The van der Waals surface area contributed by atoms with Crippen molar-refractivity contribution in [3.8, 4) is 0 Å². The summed E-state index contributed by atoms with van der Waals surface area (Å²) in [5, 5.41) is 0. The summed E-state index contributed by atoms with van der Waals surface area (Å²) >= 11 is 0. The first-order valence-electron chi connectivity index (χ1n) is 6.83. The molecular weight excluding hydrogens is 296 g/mol. The fraction of sp³-hybridized carbons (Fsp3) is 0.714. The van der Waals surface area contributed by atoms with Gasteiger partial charge in [-0.25, -0.2) is 0 Å². The summed E-state index contributed by atoms with van der Waals surface area (Å²) in [6, 6.07) is 0. The summed E-state index contributed by atoms with van der Waals surface area (Å²) in [5.41, 5.74) is 0. The number of Topliss-reactive ketones (excluding diaryl/α,β-unsaturated/α-hetero) is 1. The number of ketones is 1. The van der Waals surface area contributed by atoms with Crippen molar-refractivity contribution in [1.29, 1.82) is 0 Å². The highest BCUT2D eigenvalue weighted by molar-refractivity contribution is 5.76. The lowest BCUT2D eigenvalue weighted by atomic mass is 9.96. The Labute approximate surface area is 128 Å². The lowest BCUT2D eigenvalue weighted by Gasteiger charge is -2.40. The average Bonchev–Trinajstić information content (AvgIpc) is 2.34. The second-order valence-electron chi connectivity index (χ2n) is 5.07. The van der Waals surface area contributed by atoms with E-state index >= 15 is 0 Å². The van der Waals surface area contributed by atoms with Gasteiger partial charge in [-0.2, -0.15) is 0 Å². The summed E-state index contributed by atoms with van der Waals surface area (Å²) < 4.78 is 20.8. The van der Waals surface area contributed by atoms with Gasteiger partial charge in [0, 0.05) is 27.2 Å². The molecule has 0 bridgehead atoms. The van der Waals surface area contributed by atoms with Crippen molar-refractivity contribution in [3.63, 3.8) is 0 Å². The van der Waals surface area contributed by atoms with Gasteiger partial charge in [0.2, 0.25) is 0 Å². The van der Waals surface area contributed by atoms with Crippen LogP contribution in [0.15, 0.2) is 0 Å². The van der Waals surface area contributed by atoms with Crippen LogP contribution >= 0.6 is 0 Å². The van der Waals surface area contributed by atoms with E-state index in [2.05, 4.69) is 0 Å². The van der Waals surface area contributed by atoms with E-state index in [0.717, 1.165) is 0 Å². The lowest BCUT2D eigenvalue weighted by Crippen LogP contribution is -2.57. The third kappa shape index (κ3) is 5.44. The molecule has 0 saturated carbocycles. The van der Waals surface area contributed by atoms with Crippen LogP contribution in [0.4, 0.5) is 0 Å². The zero-order chi connectivity index (χ0) is 16.9. The Morgan fingerprint density at radius 3 is 1.82 bits per heavy atom. The predicted molar refractivity (Wildman–Crippen MR) is 71.7 cm³/mol. The molecule has 1 rings (SSSR count). The molecule has 1 heterocycles. The smallest absolute Gasteiger partial charge is 0.303 e. The topological polar surface area (TPSA) is 105 Å². The highest BCUT2D eigenvalue weighted by Gasteiger charge is 2.46. The van der Waals surface area contributed by atoms with Gasteiger partial charge < -0.3 is 18.9 Å². The summed E-state index contributed by atoms with van der Waals surface area (Å²) in [6.07, 6.45) is -3.74. The van der Waals surface area contributed by atoms with Gasteiger partial charge in [-0.05, 0) is 6.92 Å². The van der Waals surface area contributed by atoms with Crippen LogP contribution in [0.3, 0.4) is 0 Å². The van der Waals surface area contributed by atoms with E-state index in [0.29, 0.717) is 0 Å². The number of carbonyl (C=O) groups excluding carboxylic acids is 4. The first-order valence-corrected chi connectivity index (χ1v) is 6.83. The fourth-order valence-electron chi connectivity index (χ4n) is 2.27. The number of hydrogen-bond acceptors (Lipinski definition) is 8. The predicted octanol–water partition coefficient (Wildman–Crippen LogP) is 0.159. The Balaban J connectivity index is 3.03. The molecule has 0 radical (unpaired) electrons. The summed E-state index contributed by atoms with van der Waals surface area (Å²) in [7, 11) is 0. The van der Waals surface area contributed by atoms with Crippen molar-refractivity contribution in [2.45, 2.75) is 58.5 Å². The van der Waals surface area contributed by atoms with Gasteiger partial charge >= 0.3 is 17.9 Å². The largest absolute Gasteiger partial charge is 0.456 e. The van der Waals surface area contributed by atoms with Crippen molar-refractivity contribution in [2.75, 3.05) is 6.61 Å². The van der Waals surface area contributed by atoms with Crippen LogP contribution in [0.5, 0.6) is 0 Å². The van der Waals surface area contributed by atoms with E-state index < -0.39 is 42.3 Å². The molecule has 1 aliphatic heterocycles. The van der Waals surface area contributed by atoms with Crippen LogP contribution < -0.4 is 0 Å². The van der Waals surface area contributed by atoms with Crippen molar-refractivity contribution in [3.05, 3.63) is 0 Å². The minimum Gasteiger partial charge on any atom is -0.456 e. The Morgan fingerprint density at radius 1 is 0.864 bits per heavy atom. The van der Waals surface area contributed by atoms with Crippen molar-refractivity contribution >= 4 is 23.7 Å². The molecule has 1 fully saturated rings. The second-order valence-corrected chi connectivity index (χ2v) is 5.07. The van der Waals surface area contributed by atoms with Gasteiger partial charge in [0.25, 0.3) is 0 Å². The van der Waals surface area contributed by atoms with E-state index in [4.69, 9.17) is 18.9 Å². The molecule has 4 atom stereocenters. The van der Waals surface area contributed by atoms with Crippen molar-refractivity contribution in [2.24, 2.45) is 0 Å². The number of rotatable bonds is 5. The maximum atomic E-state index is 11.3. The second kappa shape index (κ2) is 7.88. The molecule has 0 amide bonds. The SMILES string of the molecule is CC(=O)C[C@@H]1OC[C@@H](OC(C)=O)[C@H](OC(C)=O)[C@H]1OC(C)=O. The van der Waals surface area contributed by atoms with Gasteiger partial charge in [-0.1, -0.05) is 0 Å². The van der Waals surface area contributed by atoms with Gasteiger partial charge in [0.1, 0.15) is 11.9 Å². The van der Waals surface area contributed by atoms with Crippen LogP contribution in [0.1, 0.15) is 34.1 Å². The monoisotopic (exact) mass is 316 g/mol. The highest BCUT2D eigenvalue weighted by Crippen LogP contribution is 2.26. The number of hydrogen-bond donors (Lipinski definition) is 0. The maximum Gasteiger partial charge on any atom is 0.303 e. The average molecular weight is 316 g/mol. The minimum absolute atomic E-state index is 0.0114. The van der Waals surface area contributed by atoms with E-state index in [9.17, 15) is 19.2 Å². The molecular formula is C14H20O8. The third-order valence-electron chi connectivity index (χ3n) is 2.94. The molecule has 22 heavy (non-hydrogen) atoms. The fourth-order valence-corrected chi connectivity index (χ4v) is 2.27. The molecule has 1 saturated heterocycles. The van der Waals surface area contributed by atoms with E-state index in [1.807, 2.05) is 0 Å². The first-order chi connectivity index (χ1) is 10.2. The standard InChI is InChI=1S/C14H20O8/c1-7(15)5-11-13(21-9(3)17)14(22-10(4)18)12(6-19-11)20-8(2)16/h11-14H,5-6H2,1-4H3/t11-,12+,13-,14-/m0/s1. The number of ether oxygens (including phenoxy) is 4. The zero-order valence-corrected chi connectivity index (χ0v) is 13.0. The molecule has 0 aromatic heterocycles. The first kappa shape index (κ1) is 18.1. The third-order valence-corrected chi connectivity index (χ3v) is 2.94. The normalized spacial score (nSPS) is 27.6. The molecule has 0 aliphatic carbocycles. The molecule has 124 valence electrons. The van der Waals surface area contributed by atoms with Crippen LogP contribution in [0.2, 0.25) is 0 Å². The molecule has 0 spiro atoms. The van der Waals surface area contributed by atoms with Crippen LogP contribution in [-0.4, -0.2) is 54.7 Å². The highest BCUT2D eigenvalue weighted by atomic mass is 16.6. The van der Waals surface area contributed by atoms with Crippen LogP contribution in [0, 0.1) is 0 Å². The summed E-state index contributed by atoms with van der Waals surface area (Å²) in [6.45, 7) is 4.88. The van der Waals surface area contributed by atoms with E-state index in [1.165, 1.54) is 27.7 Å². The van der Waals surface area contributed by atoms with Crippen molar-refractivity contribution < 1.29 is 38.1 Å². The van der Waals surface area contributed by atoms with Crippen LogP contribution in [-0.2, 0) is 38.1 Å². The quantitative estimate of drug-likeness (QED) is 0.521. The van der Waals surface area contributed by atoms with E-state index in [-0.39, 0.29) is 18.8 Å². The molecule has 0 aromatic carbocycles. The van der Waals surface area contributed by atoms with Gasteiger partial charge in [0.05, 0.1) is 6.61 Å². The molecule has 8 heteroatoms. The van der Waals surface area contributed by atoms with Gasteiger partial charge in [0.15, 0.2) is 18.3 Å². The molecule has 1 aliphatic rings. The lowest BCUT2D eigenvalue weighted by molar-refractivity contribution is -0.226. The van der Waals surface area contributed by atoms with Gasteiger partial charge in [-0.15, -0.1) is 0 Å².